The van der Waals surface area contributed by atoms with Gasteiger partial charge in [0.2, 0.25) is 10.0 Å². The van der Waals surface area contributed by atoms with Crippen LogP contribution < -0.4 is 4.72 Å². The van der Waals surface area contributed by atoms with Gasteiger partial charge in [0.05, 0.1) is 9.82 Å². The molecule has 0 aliphatic heterocycles. The largest absolute Gasteiger partial charge is 0.289 e. The summed E-state index contributed by atoms with van der Waals surface area (Å²) >= 11 is 5.76. The lowest BCUT2D eigenvalue weighted by Gasteiger charge is -2.15. The average Bonchev–Trinajstić information content (AvgIpc) is 2.34. The van der Waals surface area contributed by atoms with Gasteiger partial charge in [-0.05, 0) is 31.9 Å². The minimum absolute atomic E-state index is 0.0736. The van der Waals surface area contributed by atoms with Crippen LogP contribution in [0.2, 0.25) is 5.02 Å². The zero-order valence-electron chi connectivity index (χ0n) is 12.2. The molecule has 1 N–H and O–H groups in total. The van der Waals surface area contributed by atoms with Gasteiger partial charge in [0.25, 0.3) is 5.69 Å². The molecular formula is C13H19ClN2O4S. The van der Waals surface area contributed by atoms with Gasteiger partial charge in [-0.25, -0.2) is 13.1 Å². The van der Waals surface area contributed by atoms with Crippen molar-refractivity contribution in [2.75, 3.05) is 0 Å². The lowest BCUT2D eigenvalue weighted by Crippen LogP contribution is -2.33. The van der Waals surface area contributed by atoms with Gasteiger partial charge in [-0.1, -0.05) is 31.4 Å². The first-order valence-electron chi connectivity index (χ1n) is 6.66. The minimum Gasteiger partial charge on any atom is -0.258 e. The number of unbranched alkanes of at least 4 members (excludes halogenated alkanes) is 1. The molecule has 0 saturated carbocycles. The average molecular weight is 335 g/mol. The Bertz CT molecular complexity index is 631. The first-order valence-corrected chi connectivity index (χ1v) is 8.52. The molecule has 0 aromatic heterocycles. The van der Waals surface area contributed by atoms with Gasteiger partial charge < -0.3 is 0 Å². The summed E-state index contributed by atoms with van der Waals surface area (Å²) in [5.41, 5.74) is -0.0374. The van der Waals surface area contributed by atoms with Crippen molar-refractivity contribution in [2.24, 2.45) is 0 Å². The topological polar surface area (TPSA) is 89.3 Å². The summed E-state index contributed by atoms with van der Waals surface area (Å²) in [5, 5.41) is 10.8. The summed E-state index contributed by atoms with van der Waals surface area (Å²) in [6.45, 7) is 5.35. The maximum atomic E-state index is 12.3. The Morgan fingerprint density at radius 3 is 2.57 bits per heavy atom. The second kappa shape index (κ2) is 7.20. The Kier molecular flexibility index (Phi) is 6.12. The molecule has 0 heterocycles. The molecule has 0 radical (unpaired) electrons. The predicted molar refractivity (Wildman–Crippen MR) is 82.2 cm³/mol. The van der Waals surface area contributed by atoms with E-state index in [0.717, 1.165) is 18.9 Å². The van der Waals surface area contributed by atoms with Crippen LogP contribution in [-0.2, 0) is 10.0 Å². The van der Waals surface area contributed by atoms with E-state index in [9.17, 15) is 18.5 Å². The molecular weight excluding hydrogens is 316 g/mol. The number of nitro groups is 1. The van der Waals surface area contributed by atoms with E-state index < -0.39 is 20.6 Å². The van der Waals surface area contributed by atoms with Crippen LogP contribution in [0.4, 0.5) is 5.69 Å². The zero-order chi connectivity index (χ0) is 16.2. The van der Waals surface area contributed by atoms with Crippen molar-refractivity contribution in [3.8, 4) is 0 Å². The second-order valence-corrected chi connectivity index (χ2v) is 7.08. The molecule has 0 spiro atoms. The second-order valence-electron chi connectivity index (χ2n) is 4.99. The van der Waals surface area contributed by atoms with Crippen molar-refractivity contribution < 1.29 is 13.3 Å². The summed E-state index contributed by atoms with van der Waals surface area (Å²) < 4.78 is 27.2. The highest BCUT2D eigenvalue weighted by Crippen LogP contribution is 2.30. The van der Waals surface area contributed by atoms with Crippen molar-refractivity contribution in [1.82, 2.24) is 4.72 Å². The van der Waals surface area contributed by atoms with E-state index in [1.54, 1.807) is 13.8 Å². The van der Waals surface area contributed by atoms with Crippen LogP contribution in [0.1, 0.15) is 38.7 Å². The molecule has 0 aliphatic carbocycles. The van der Waals surface area contributed by atoms with E-state index in [1.807, 2.05) is 6.92 Å². The van der Waals surface area contributed by atoms with Crippen LogP contribution in [0.5, 0.6) is 0 Å². The molecule has 21 heavy (non-hydrogen) atoms. The lowest BCUT2D eigenvalue weighted by molar-refractivity contribution is -0.384. The van der Waals surface area contributed by atoms with Gasteiger partial charge in [-0.2, -0.15) is 0 Å². The highest BCUT2D eigenvalue weighted by atomic mass is 35.5. The molecule has 118 valence electrons. The number of aryl methyl sites for hydroxylation is 1. The molecule has 0 saturated heterocycles. The number of nitrogens with one attached hydrogen (secondary N) is 1. The molecule has 0 bridgehead atoms. The van der Waals surface area contributed by atoms with E-state index in [-0.39, 0.29) is 16.0 Å². The third kappa shape index (κ3) is 4.66. The number of nitrogens with zero attached hydrogens (tertiary/aromatic N) is 1. The molecule has 1 atom stereocenters. The number of halogens is 1. The molecule has 1 aromatic carbocycles. The Hall–Kier alpha value is -1.18. The number of hydrogen-bond acceptors (Lipinski definition) is 4. The zero-order valence-corrected chi connectivity index (χ0v) is 13.8. The van der Waals surface area contributed by atoms with Crippen molar-refractivity contribution in [1.29, 1.82) is 0 Å². The first kappa shape index (κ1) is 17.9. The van der Waals surface area contributed by atoms with Gasteiger partial charge in [-0.3, -0.25) is 10.1 Å². The van der Waals surface area contributed by atoms with Crippen molar-refractivity contribution in [3.05, 3.63) is 32.8 Å². The number of benzene rings is 1. The van der Waals surface area contributed by atoms with Crippen LogP contribution in [-0.4, -0.2) is 19.4 Å². The van der Waals surface area contributed by atoms with Crippen molar-refractivity contribution in [2.45, 2.75) is 51.0 Å². The molecule has 1 aromatic rings. The standard InChI is InChI=1S/C13H19ClN2O4S/c1-4-5-6-10(3)15-21(19,20)13-8-12(16(17)18)11(14)7-9(13)2/h7-8,10,15H,4-6H2,1-3H3. The highest BCUT2D eigenvalue weighted by Gasteiger charge is 2.24. The van der Waals surface area contributed by atoms with E-state index in [2.05, 4.69) is 4.72 Å². The fourth-order valence-electron chi connectivity index (χ4n) is 1.97. The summed E-state index contributed by atoms with van der Waals surface area (Å²) in [4.78, 5) is 10.1. The minimum atomic E-state index is -3.81. The Morgan fingerprint density at radius 2 is 2.05 bits per heavy atom. The van der Waals surface area contributed by atoms with Gasteiger partial charge in [0.1, 0.15) is 5.02 Å². The maximum Gasteiger partial charge on any atom is 0.289 e. The molecule has 0 amide bonds. The fraction of sp³-hybridized carbons (Fsp3) is 0.538. The number of sulfonamides is 1. The van der Waals surface area contributed by atoms with E-state index in [1.165, 1.54) is 6.07 Å². The Balaban J connectivity index is 3.13. The van der Waals surface area contributed by atoms with Crippen LogP contribution in [0.3, 0.4) is 0 Å². The fourth-order valence-corrected chi connectivity index (χ4v) is 3.78. The number of rotatable bonds is 7. The van der Waals surface area contributed by atoms with E-state index >= 15 is 0 Å². The SMILES string of the molecule is CCCCC(C)NS(=O)(=O)c1cc([N+](=O)[O-])c(Cl)cc1C. The number of nitro benzene ring substituents is 1. The van der Waals surface area contributed by atoms with E-state index in [0.29, 0.717) is 12.0 Å². The molecule has 1 unspecified atom stereocenters. The maximum absolute atomic E-state index is 12.3. The normalized spacial score (nSPS) is 13.1. The summed E-state index contributed by atoms with van der Waals surface area (Å²) in [6, 6.07) is 2.07. The van der Waals surface area contributed by atoms with Crippen LogP contribution in [0.25, 0.3) is 0 Å². The quantitative estimate of drug-likeness (QED) is 0.611. The van der Waals surface area contributed by atoms with Crippen molar-refractivity contribution in [3.63, 3.8) is 0 Å². The monoisotopic (exact) mass is 334 g/mol. The van der Waals surface area contributed by atoms with Gasteiger partial charge in [0.15, 0.2) is 0 Å². The third-order valence-electron chi connectivity index (χ3n) is 3.08. The summed E-state index contributed by atoms with van der Waals surface area (Å²) in [7, 11) is -3.81. The molecule has 8 heteroatoms. The van der Waals surface area contributed by atoms with Crippen LogP contribution in [0, 0.1) is 17.0 Å². The first-order chi connectivity index (χ1) is 9.69. The molecule has 6 nitrogen and oxygen atoms in total. The van der Waals surface area contributed by atoms with Gasteiger partial charge in [-0.15, -0.1) is 0 Å². The van der Waals surface area contributed by atoms with E-state index in [4.69, 9.17) is 11.6 Å². The Labute approximate surface area is 129 Å². The summed E-state index contributed by atoms with van der Waals surface area (Å²) in [6.07, 6.45) is 2.59. The smallest absolute Gasteiger partial charge is 0.258 e. The lowest BCUT2D eigenvalue weighted by atomic mass is 10.2. The molecule has 0 aliphatic rings. The summed E-state index contributed by atoms with van der Waals surface area (Å²) in [5.74, 6) is 0. The Morgan fingerprint density at radius 1 is 1.43 bits per heavy atom. The van der Waals surface area contributed by atoms with Gasteiger partial charge >= 0.3 is 0 Å². The molecule has 0 fully saturated rings. The number of hydrogen-bond donors (Lipinski definition) is 1. The predicted octanol–water partition coefficient (Wildman–Crippen LogP) is 3.41. The highest BCUT2D eigenvalue weighted by molar-refractivity contribution is 7.89. The van der Waals surface area contributed by atoms with Crippen molar-refractivity contribution >= 4 is 27.3 Å². The third-order valence-corrected chi connectivity index (χ3v) is 5.11. The van der Waals surface area contributed by atoms with Crippen LogP contribution >= 0.6 is 11.6 Å². The molecule has 1 rings (SSSR count). The van der Waals surface area contributed by atoms with Gasteiger partial charge in [0, 0.05) is 12.1 Å². The van der Waals surface area contributed by atoms with Crippen LogP contribution in [0.15, 0.2) is 17.0 Å².